The third-order valence-corrected chi connectivity index (χ3v) is 19.0. The van der Waals surface area contributed by atoms with Gasteiger partial charge in [0.25, 0.3) is 0 Å². The molecule has 0 saturated carbocycles. The number of aliphatic hydroxyl groups excluding tert-OH is 4. The molecule has 1 fully saturated rings. The third kappa shape index (κ3) is 35.0. The quantitative estimate of drug-likeness (QED) is 0.0288. The molecule has 0 bridgehead atoms. The maximum atomic E-state index is 14.4. The summed E-state index contributed by atoms with van der Waals surface area (Å²) in [4.78, 5) is 253. The molecule has 1 aliphatic heterocycles. The van der Waals surface area contributed by atoms with Crippen LogP contribution < -0.4 is 85.5 Å². The number of carbonyl (C=O) groups is 19. The average molecular weight is 1650 g/mol. The number of carboxylic acid groups (broad SMARTS) is 3. The molecular weight excluding hydrogens is 1530 g/mol. The minimum atomic E-state index is -1.88. The van der Waals surface area contributed by atoms with E-state index in [2.05, 4.69) is 79.8 Å². The Bertz CT molecular complexity index is 3550. The first kappa shape index (κ1) is 101. The number of hydrogen-bond donors (Lipinski definition) is 23. The van der Waals surface area contributed by atoms with Crippen LogP contribution in [0.3, 0.4) is 0 Å². The summed E-state index contributed by atoms with van der Waals surface area (Å²) < 4.78 is 0. The van der Waals surface area contributed by atoms with Gasteiger partial charge in [0, 0.05) is 25.8 Å². The van der Waals surface area contributed by atoms with Crippen LogP contribution in [-0.2, 0) is 97.5 Å². The van der Waals surface area contributed by atoms with E-state index in [-0.39, 0.29) is 44.6 Å². The third-order valence-electron chi connectivity index (χ3n) is 19.0. The fraction of sp³-hybridized carbons (Fsp3) is 0.658. The molecule has 0 aromatic heterocycles. The van der Waals surface area contributed by atoms with Crippen molar-refractivity contribution in [3.63, 3.8) is 0 Å². The second-order valence-electron chi connectivity index (χ2n) is 28.9. The van der Waals surface area contributed by atoms with E-state index in [0.717, 1.165) is 4.90 Å². The summed E-state index contributed by atoms with van der Waals surface area (Å²) in [6.45, 7) is 9.15. The summed E-state index contributed by atoms with van der Waals surface area (Å²) in [7, 11) is 0. The maximum absolute atomic E-state index is 14.4. The molecule has 43 nitrogen and oxygen atoms in total. The van der Waals surface area contributed by atoms with Gasteiger partial charge in [-0.1, -0.05) is 119 Å². The summed E-state index contributed by atoms with van der Waals surface area (Å²) in [6.07, 6.45) is -1.76. The number of nitrogens with two attached hydrogens (primary N) is 1. The van der Waals surface area contributed by atoms with Crippen molar-refractivity contribution in [2.45, 2.75) is 218 Å². The SMILES string of the molecule is CC[C@H](C)[C@H](NC(=O)CNC(=O)[C@H](Cc1ccccc1)NC(=O)CNC(=O)CNC(=O)[C@H](CO)NC(=O)[C@H](CO)NC(=O)[C@@H](NC(=O)[C@@H]1CCCN1C(=O)[C@@H](NC(=O)CNC(=O)[C@H](CCC(=O)O)NC(=O)[C@H](CCC(=O)O)NC(=O)[C@H](CO)NC(=O)[C@H](CC(C)C)NC(=O)[C@@H](NC(=O)[C@@H](N)CO)[C@@H](C)CC)C(C)C)[C@@H](C)CC)C(=O)O. The van der Waals surface area contributed by atoms with E-state index in [1.54, 1.807) is 85.7 Å². The van der Waals surface area contributed by atoms with Crippen molar-refractivity contribution in [3.05, 3.63) is 35.9 Å². The van der Waals surface area contributed by atoms with E-state index in [1.165, 1.54) is 13.8 Å². The number of hydrogen-bond acceptors (Lipinski definition) is 24. The molecular formula is C73H117N17O26. The summed E-state index contributed by atoms with van der Waals surface area (Å²) in [6, 6.07) is -11.5. The van der Waals surface area contributed by atoms with Crippen molar-refractivity contribution < 1.29 is 127 Å². The lowest BCUT2D eigenvalue weighted by atomic mass is 9.96. The molecule has 1 saturated heterocycles. The first-order valence-corrected chi connectivity index (χ1v) is 38.2. The Balaban J connectivity index is 2.18. The normalized spacial score (nSPS) is 16.3. The van der Waals surface area contributed by atoms with Gasteiger partial charge in [0.1, 0.15) is 78.5 Å². The lowest BCUT2D eigenvalue weighted by Gasteiger charge is -2.32. The number of aliphatic carboxylic acids is 3. The van der Waals surface area contributed by atoms with Crippen molar-refractivity contribution >= 4 is 112 Å². The van der Waals surface area contributed by atoms with E-state index in [4.69, 9.17) is 5.73 Å². The van der Waals surface area contributed by atoms with Crippen LogP contribution in [0.15, 0.2) is 30.3 Å². The number of carbonyl (C=O) groups excluding carboxylic acids is 16. The van der Waals surface area contributed by atoms with Gasteiger partial charge >= 0.3 is 17.9 Å². The van der Waals surface area contributed by atoms with Crippen LogP contribution in [0.1, 0.15) is 139 Å². The predicted octanol–water partition coefficient (Wildman–Crippen LogP) is -8.03. The Hall–Kier alpha value is -11.0. The van der Waals surface area contributed by atoms with Gasteiger partial charge in [0.15, 0.2) is 0 Å². The fourth-order valence-electron chi connectivity index (χ4n) is 11.5. The average Bonchev–Trinajstić information content (AvgIpc) is 1.72. The zero-order valence-electron chi connectivity index (χ0n) is 66.8. The Kier molecular flexibility index (Phi) is 45.0. The largest absolute Gasteiger partial charge is 0.481 e. The highest BCUT2D eigenvalue weighted by Gasteiger charge is 2.42. The molecule has 0 aliphatic carbocycles. The Labute approximate surface area is 670 Å². The molecule has 24 N–H and O–H groups in total. The van der Waals surface area contributed by atoms with Gasteiger partial charge in [0.2, 0.25) is 94.5 Å². The topological polar surface area (TPSA) is 676 Å². The number of carboxylic acids is 3. The van der Waals surface area contributed by atoms with Crippen molar-refractivity contribution in [1.29, 1.82) is 0 Å². The summed E-state index contributed by atoms with van der Waals surface area (Å²) in [5, 5.41) is 104. The van der Waals surface area contributed by atoms with E-state index in [9.17, 15) is 127 Å². The highest BCUT2D eigenvalue weighted by atomic mass is 16.4. The van der Waals surface area contributed by atoms with Gasteiger partial charge < -0.3 is 126 Å². The van der Waals surface area contributed by atoms with Gasteiger partial charge in [-0.2, -0.15) is 0 Å². The van der Waals surface area contributed by atoms with Crippen molar-refractivity contribution in [1.82, 2.24) is 84.7 Å². The maximum Gasteiger partial charge on any atom is 0.326 e. The number of amides is 16. The molecule has 2 rings (SSSR count). The second kappa shape index (κ2) is 51.7. The van der Waals surface area contributed by atoms with Gasteiger partial charge in [-0.3, -0.25) is 86.3 Å². The number of aliphatic hydroxyl groups is 4. The number of benzene rings is 1. The monoisotopic (exact) mass is 1650 g/mol. The second-order valence-corrected chi connectivity index (χ2v) is 28.9. The van der Waals surface area contributed by atoms with E-state index < -0.39 is 293 Å². The molecule has 1 aromatic carbocycles. The number of nitrogens with one attached hydrogen (secondary N) is 15. The van der Waals surface area contributed by atoms with Crippen LogP contribution in [0.4, 0.5) is 0 Å². The van der Waals surface area contributed by atoms with Gasteiger partial charge in [-0.25, -0.2) is 4.79 Å². The number of rotatable bonds is 53. The van der Waals surface area contributed by atoms with Crippen LogP contribution in [0.25, 0.3) is 0 Å². The first-order valence-electron chi connectivity index (χ1n) is 38.2. The van der Waals surface area contributed by atoms with Crippen molar-refractivity contribution in [3.8, 4) is 0 Å². The van der Waals surface area contributed by atoms with Crippen LogP contribution in [-0.4, -0.2) is 291 Å². The first-order chi connectivity index (χ1) is 54.6. The molecule has 0 radical (unpaired) electrons. The molecule has 43 heteroatoms. The lowest BCUT2D eigenvalue weighted by Crippen LogP contribution is -2.61. The van der Waals surface area contributed by atoms with Crippen molar-refractivity contribution in [2.24, 2.45) is 35.3 Å². The molecule has 1 heterocycles. The lowest BCUT2D eigenvalue weighted by molar-refractivity contribution is -0.143. The summed E-state index contributed by atoms with van der Waals surface area (Å²) in [5.41, 5.74) is 6.23. The predicted molar refractivity (Wildman–Crippen MR) is 409 cm³/mol. The van der Waals surface area contributed by atoms with E-state index in [0.29, 0.717) is 18.4 Å². The smallest absolute Gasteiger partial charge is 0.326 e. The van der Waals surface area contributed by atoms with E-state index in [1.807, 2.05) is 0 Å². The Morgan fingerprint density at radius 3 is 1.26 bits per heavy atom. The Morgan fingerprint density at radius 2 is 0.802 bits per heavy atom. The molecule has 16 amide bonds. The highest BCUT2D eigenvalue weighted by Crippen LogP contribution is 2.22. The summed E-state index contributed by atoms with van der Waals surface area (Å²) in [5.74, 6) is -22.9. The van der Waals surface area contributed by atoms with Gasteiger partial charge in [0.05, 0.1) is 52.6 Å². The molecule has 650 valence electrons. The zero-order valence-corrected chi connectivity index (χ0v) is 66.8. The molecule has 0 spiro atoms. The molecule has 1 aromatic rings. The molecule has 0 unspecified atom stereocenters. The van der Waals surface area contributed by atoms with Crippen molar-refractivity contribution in [2.75, 3.05) is 59.2 Å². The minimum absolute atomic E-state index is 0.0394. The van der Waals surface area contributed by atoms with Gasteiger partial charge in [-0.05, 0) is 67.3 Å². The number of likely N-dealkylation sites (tertiary alicyclic amines) is 1. The van der Waals surface area contributed by atoms with Gasteiger partial charge in [-0.15, -0.1) is 0 Å². The minimum Gasteiger partial charge on any atom is -0.481 e. The molecule has 1 aliphatic rings. The molecule has 16 atom stereocenters. The zero-order chi connectivity index (χ0) is 87.8. The fourth-order valence-corrected chi connectivity index (χ4v) is 11.5. The molecule has 116 heavy (non-hydrogen) atoms. The van der Waals surface area contributed by atoms with E-state index >= 15 is 0 Å². The van der Waals surface area contributed by atoms with Crippen LogP contribution in [0, 0.1) is 29.6 Å². The number of nitrogens with zero attached hydrogens (tertiary/aromatic N) is 1. The standard InChI is InChI=1S/C73H117N17O26/c1-11-38(8)58(88-61(103)42(74)32-91)70(112)82-45(26-36(4)5)66(108)84-48(34-93)67(109)81-44(22-24-56(101)102)65(107)80-43(21-23-55(99)100)62(104)77-30-53(97)86-57(37(6)7)72(114)90-25-17-20-50(90)69(111)89-59(39(9)12-2)71(113)85-49(35-94)68(110)83-47(33-92)64(106)76-28-51(95)75-29-52(96)79-46(27-41-18-15-14-16-19-41)63(105)78-31-54(98)87-60(73(115)116)40(10)13-3/h14-16,18-19,36-40,42-50,57-60,91-94H,11-13,17,20-35,74H2,1-10H3,(H,75,95)(H,76,106)(H,77,104)(H,78,105)(H,79,96)(H,80,107)(H,81,109)(H,82,112)(H,83,110)(H,84,108)(H,85,113)(H,86,97)(H,87,98)(H,88,103)(H,89,111)(H,99,100)(H,101,102)(H,115,116)/t38-,39-,40-,42-,43-,44-,45-,46-,47-,48-,49-,50-,57-,58-,59-,60-/m0/s1. The summed E-state index contributed by atoms with van der Waals surface area (Å²) >= 11 is 0. The van der Waals surface area contributed by atoms with Crippen LogP contribution >= 0.6 is 0 Å². The highest BCUT2D eigenvalue weighted by molar-refractivity contribution is 6.00. The Morgan fingerprint density at radius 1 is 0.414 bits per heavy atom. The van der Waals surface area contributed by atoms with Crippen LogP contribution in [0.2, 0.25) is 0 Å². The van der Waals surface area contributed by atoms with Crippen LogP contribution in [0.5, 0.6) is 0 Å².